The van der Waals surface area contributed by atoms with Crippen LogP contribution >= 0.6 is 0 Å². The fraction of sp³-hybridized carbons (Fsp3) is 0.259. The van der Waals surface area contributed by atoms with Crippen LogP contribution in [-0.2, 0) is 18.4 Å². The third kappa shape index (κ3) is 2.32. The Kier molecular flexibility index (Phi) is 3.77. The van der Waals surface area contributed by atoms with Crippen molar-refractivity contribution in [1.29, 1.82) is 0 Å². The summed E-state index contributed by atoms with van der Waals surface area (Å²) >= 11 is 0. The Hall–Kier alpha value is -2.80. The Morgan fingerprint density at radius 1 is 0.857 bits per heavy atom. The first-order chi connectivity index (χ1) is 13.5. The summed E-state index contributed by atoms with van der Waals surface area (Å²) in [4.78, 5) is 2.66. The van der Waals surface area contributed by atoms with Crippen molar-refractivity contribution in [2.45, 2.75) is 44.7 Å². The predicted octanol–water partition coefficient (Wildman–Crippen LogP) is 6.30. The highest BCUT2D eigenvalue weighted by Gasteiger charge is 2.55. The van der Waals surface area contributed by atoms with E-state index in [2.05, 4.69) is 111 Å². The Morgan fingerprint density at radius 2 is 1.57 bits per heavy atom. The molecule has 1 spiro atoms. The highest BCUT2D eigenvalue weighted by molar-refractivity contribution is 5.73. The molecule has 0 bridgehead atoms. The molecule has 0 amide bonds. The van der Waals surface area contributed by atoms with Crippen LogP contribution in [0.5, 0.6) is 0 Å². The molecule has 0 radical (unpaired) electrons. The SMILES string of the molecule is Cc1ccccc1CN1c2ccccc2C(C)(C)C12C=Cc1ccccc1C2. The van der Waals surface area contributed by atoms with E-state index in [1.165, 1.54) is 33.5 Å². The first-order valence-electron chi connectivity index (χ1n) is 10.2. The molecule has 1 heterocycles. The van der Waals surface area contributed by atoms with E-state index in [0.717, 1.165) is 13.0 Å². The van der Waals surface area contributed by atoms with Crippen LogP contribution in [0.1, 0.15) is 41.7 Å². The van der Waals surface area contributed by atoms with Gasteiger partial charge in [-0.1, -0.05) is 92.7 Å². The first kappa shape index (κ1) is 17.3. The average Bonchev–Trinajstić information content (AvgIpc) is 2.88. The zero-order chi connectivity index (χ0) is 19.4. The zero-order valence-corrected chi connectivity index (χ0v) is 16.9. The van der Waals surface area contributed by atoms with Crippen molar-refractivity contribution in [3.8, 4) is 0 Å². The summed E-state index contributed by atoms with van der Waals surface area (Å²) in [6.07, 6.45) is 5.86. The Bertz CT molecular complexity index is 1070. The van der Waals surface area contributed by atoms with Gasteiger partial charge in [-0.25, -0.2) is 0 Å². The maximum Gasteiger partial charge on any atom is 0.0724 e. The van der Waals surface area contributed by atoms with Crippen molar-refractivity contribution in [2.24, 2.45) is 0 Å². The molecule has 0 saturated heterocycles. The minimum atomic E-state index is -0.0622. The van der Waals surface area contributed by atoms with Crippen LogP contribution in [0.4, 0.5) is 5.69 Å². The maximum atomic E-state index is 2.66. The van der Waals surface area contributed by atoms with E-state index < -0.39 is 0 Å². The Labute approximate surface area is 168 Å². The molecule has 0 aromatic heterocycles. The van der Waals surface area contributed by atoms with Crippen molar-refractivity contribution in [2.75, 3.05) is 4.90 Å². The van der Waals surface area contributed by atoms with Crippen LogP contribution in [0.2, 0.25) is 0 Å². The second kappa shape index (κ2) is 6.10. The largest absolute Gasteiger partial charge is 0.357 e. The average molecular weight is 366 g/mol. The van der Waals surface area contributed by atoms with Gasteiger partial charge < -0.3 is 4.90 Å². The molecule has 1 heteroatoms. The monoisotopic (exact) mass is 365 g/mol. The maximum absolute atomic E-state index is 2.66. The summed E-state index contributed by atoms with van der Waals surface area (Å²) < 4.78 is 0. The van der Waals surface area contributed by atoms with Crippen LogP contribution in [0, 0.1) is 6.92 Å². The lowest BCUT2D eigenvalue weighted by Gasteiger charge is -2.48. The smallest absolute Gasteiger partial charge is 0.0724 e. The third-order valence-corrected chi connectivity index (χ3v) is 7.08. The summed E-state index contributed by atoms with van der Waals surface area (Å²) in [7, 11) is 0. The molecule has 5 rings (SSSR count). The highest BCUT2D eigenvalue weighted by atomic mass is 15.2. The topological polar surface area (TPSA) is 3.24 Å². The molecule has 2 aliphatic rings. The van der Waals surface area contributed by atoms with Gasteiger partial charge in [0.2, 0.25) is 0 Å². The molecule has 28 heavy (non-hydrogen) atoms. The zero-order valence-electron chi connectivity index (χ0n) is 16.9. The van der Waals surface area contributed by atoms with E-state index in [9.17, 15) is 0 Å². The fourth-order valence-corrected chi connectivity index (χ4v) is 5.26. The number of nitrogens with zero attached hydrogens (tertiary/aromatic N) is 1. The number of fused-ring (bicyclic) bond motifs is 2. The summed E-state index contributed by atoms with van der Waals surface area (Å²) in [5.74, 6) is 0. The van der Waals surface area contributed by atoms with Gasteiger partial charge in [0, 0.05) is 24.1 Å². The van der Waals surface area contributed by atoms with Gasteiger partial charge in [-0.05, 0) is 40.8 Å². The molecule has 0 fully saturated rings. The Morgan fingerprint density at radius 3 is 2.43 bits per heavy atom. The van der Waals surface area contributed by atoms with Crippen molar-refractivity contribution in [1.82, 2.24) is 0 Å². The van der Waals surface area contributed by atoms with Crippen molar-refractivity contribution >= 4 is 11.8 Å². The summed E-state index contributed by atoms with van der Waals surface area (Å²) in [6, 6.07) is 26.6. The molecule has 3 aromatic rings. The predicted molar refractivity (Wildman–Crippen MR) is 119 cm³/mol. The lowest BCUT2D eigenvalue weighted by molar-refractivity contribution is 0.317. The van der Waals surface area contributed by atoms with E-state index in [0.29, 0.717) is 0 Å². The molecule has 3 aromatic carbocycles. The number of para-hydroxylation sites is 1. The van der Waals surface area contributed by atoms with Crippen LogP contribution in [0.15, 0.2) is 78.9 Å². The number of aryl methyl sites for hydroxylation is 1. The molecule has 1 unspecified atom stereocenters. The van der Waals surface area contributed by atoms with E-state index >= 15 is 0 Å². The summed E-state index contributed by atoms with van der Waals surface area (Å²) in [5, 5.41) is 0. The van der Waals surface area contributed by atoms with Gasteiger partial charge in [0.1, 0.15) is 0 Å². The van der Waals surface area contributed by atoms with Gasteiger partial charge >= 0.3 is 0 Å². The lowest BCUT2D eigenvalue weighted by atomic mass is 9.65. The number of benzene rings is 3. The van der Waals surface area contributed by atoms with Gasteiger partial charge in [0.25, 0.3) is 0 Å². The van der Waals surface area contributed by atoms with E-state index in [4.69, 9.17) is 0 Å². The van der Waals surface area contributed by atoms with Crippen LogP contribution in [0.3, 0.4) is 0 Å². The third-order valence-electron chi connectivity index (χ3n) is 7.08. The molecule has 0 N–H and O–H groups in total. The van der Waals surface area contributed by atoms with Gasteiger partial charge in [-0.15, -0.1) is 0 Å². The van der Waals surface area contributed by atoms with Crippen LogP contribution in [0.25, 0.3) is 6.08 Å². The second-order valence-corrected chi connectivity index (χ2v) is 8.79. The number of hydrogen-bond acceptors (Lipinski definition) is 1. The fourth-order valence-electron chi connectivity index (χ4n) is 5.26. The molecule has 0 saturated carbocycles. The van der Waals surface area contributed by atoms with Crippen LogP contribution in [-0.4, -0.2) is 5.54 Å². The molecular weight excluding hydrogens is 338 g/mol. The second-order valence-electron chi connectivity index (χ2n) is 8.79. The number of hydrogen-bond donors (Lipinski definition) is 0. The molecule has 1 atom stereocenters. The van der Waals surface area contributed by atoms with E-state index in [1.807, 2.05) is 0 Å². The van der Waals surface area contributed by atoms with E-state index in [1.54, 1.807) is 0 Å². The Balaban J connectivity index is 1.69. The van der Waals surface area contributed by atoms with Crippen molar-refractivity contribution in [3.63, 3.8) is 0 Å². The van der Waals surface area contributed by atoms with Gasteiger partial charge in [-0.2, -0.15) is 0 Å². The molecule has 140 valence electrons. The minimum absolute atomic E-state index is 0.0241. The van der Waals surface area contributed by atoms with Gasteiger partial charge in [0.15, 0.2) is 0 Å². The molecule has 1 aliphatic carbocycles. The minimum Gasteiger partial charge on any atom is -0.357 e. The number of anilines is 1. The number of rotatable bonds is 2. The lowest BCUT2D eigenvalue weighted by Crippen LogP contribution is -2.56. The quantitative estimate of drug-likeness (QED) is 0.515. The van der Waals surface area contributed by atoms with E-state index in [-0.39, 0.29) is 11.0 Å². The molecule has 1 nitrogen and oxygen atoms in total. The highest BCUT2D eigenvalue weighted by Crippen LogP contribution is 2.55. The molecular formula is C27H27N. The van der Waals surface area contributed by atoms with Gasteiger partial charge in [0.05, 0.1) is 5.54 Å². The van der Waals surface area contributed by atoms with Crippen LogP contribution < -0.4 is 4.90 Å². The first-order valence-corrected chi connectivity index (χ1v) is 10.2. The summed E-state index contributed by atoms with van der Waals surface area (Å²) in [6.45, 7) is 7.99. The van der Waals surface area contributed by atoms with Crippen molar-refractivity contribution < 1.29 is 0 Å². The van der Waals surface area contributed by atoms with Gasteiger partial charge in [-0.3, -0.25) is 0 Å². The summed E-state index contributed by atoms with van der Waals surface area (Å²) in [5.41, 5.74) is 8.36. The molecule has 1 aliphatic heterocycles. The standard InChI is InChI=1S/C27H27N/c1-20-10-4-5-13-23(20)19-28-25-15-9-8-14-24(25)26(2,3)27(28)17-16-21-11-6-7-12-22(21)18-27/h4-17H,18-19H2,1-3H3. The normalized spacial score (nSPS) is 21.6. The van der Waals surface area contributed by atoms with Crippen molar-refractivity contribution in [3.05, 3.63) is 107 Å².